The summed E-state index contributed by atoms with van der Waals surface area (Å²) in [5.74, 6) is -0.00603. The molecule has 0 unspecified atom stereocenters. The van der Waals surface area contributed by atoms with Gasteiger partial charge >= 0.3 is 0 Å². The molecular formula is C24H19N3O3S. The molecule has 1 N–H and O–H groups in total. The minimum absolute atomic E-state index is 0.0616. The van der Waals surface area contributed by atoms with E-state index in [0.29, 0.717) is 16.4 Å². The van der Waals surface area contributed by atoms with Crippen LogP contribution in [0.25, 0.3) is 21.3 Å². The number of carbonyl (C=O) groups excluding carboxylic acids is 2. The molecule has 0 radical (unpaired) electrons. The number of ether oxygens (including phenoxy) is 1. The normalized spacial score (nSPS) is 15.8. The van der Waals surface area contributed by atoms with Crippen molar-refractivity contribution in [1.29, 1.82) is 0 Å². The molecule has 5 rings (SSSR count). The van der Waals surface area contributed by atoms with Gasteiger partial charge in [-0.1, -0.05) is 54.6 Å². The number of anilines is 1. The number of nitrogens with one attached hydrogen (secondary N) is 1. The van der Waals surface area contributed by atoms with Gasteiger partial charge in [0.05, 0.1) is 15.9 Å². The van der Waals surface area contributed by atoms with Gasteiger partial charge in [0.2, 0.25) is 0 Å². The quantitative estimate of drug-likeness (QED) is 0.532. The molecule has 154 valence electrons. The van der Waals surface area contributed by atoms with E-state index < -0.39 is 6.04 Å². The number of hydrogen-bond acceptors (Lipinski definition) is 5. The van der Waals surface area contributed by atoms with Crippen LogP contribution in [0.3, 0.4) is 0 Å². The summed E-state index contributed by atoms with van der Waals surface area (Å²) in [7, 11) is 1.68. The zero-order valence-corrected chi connectivity index (χ0v) is 17.6. The van der Waals surface area contributed by atoms with Crippen LogP contribution in [0.2, 0.25) is 0 Å². The molecule has 7 heteroatoms. The first kappa shape index (κ1) is 19.3. The van der Waals surface area contributed by atoms with Crippen LogP contribution >= 0.6 is 11.3 Å². The van der Waals surface area contributed by atoms with Crippen molar-refractivity contribution in [2.45, 2.75) is 6.04 Å². The summed E-state index contributed by atoms with van der Waals surface area (Å²) < 4.78 is 6.72. The Balaban J connectivity index is 1.42. The van der Waals surface area contributed by atoms with Gasteiger partial charge in [-0.05, 0) is 23.8 Å². The smallest absolute Gasteiger partial charge is 0.281 e. The first-order valence-corrected chi connectivity index (χ1v) is 10.7. The number of aromatic nitrogens is 1. The number of carbonyl (C=O) groups is 2. The number of thiazole rings is 1. The number of fused-ring (bicyclic) bond motifs is 2. The Morgan fingerprint density at radius 3 is 2.68 bits per heavy atom. The first-order chi connectivity index (χ1) is 15.1. The average Bonchev–Trinajstić information content (AvgIpc) is 3.22. The second-order valence-electron chi connectivity index (χ2n) is 7.24. The number of hydrogen-bond donors (Lipinski definition) is 1. The van der Waals surface area contributed by atoms with Gasteiger partial charge in [0.1, 0.15) is 18.4 Å². The molecule has 0 fully saturated rings. The van der Waals surface area contributed by atoms with E-state index in [1.807, 2.05) is 72.8 Å². The van der Waals surface area contributed by atoms with Crippen LogP contribution < -0.4 is 15.0 Å². The minimum atomic E-state index is -0.800. The van der Waals surface area contributed by atoms with Crippen LogP contribution in [-0.2, 0) is 4.79 Å². The number of para-hydroxylation sites is 2. The molecule has 1 aliphatic rings. The fourth-order valence-corrected chi connectivity index (χ4v) is 4.67. The molecule has 0 saturated carbocycles. The Hall–Kier alpha value is -3.71. The standard InChI is InChI=1S/C24H19N3O3S/c1-27-19-12-5-6-13-20(19)30-14-18(24(27)29)25-22(28)23-26-17-11-7-10-16(21(17)31-23)15-8-3-2-4-9-15/h2-13,18H,14H2,1H3,(H,25,28)/t18-/m0/s1. The molecule has 6 nitrogen and oxygen atoms in total. The molecule has 31 heavy (non-hydrogen) atoms. The van der Waals surface area contributed by atoms with E-state index in [2.05, 4.69) is 10.3 Å². The summed E-state index contributed by atoms with van der Waals surface area (Å²) in [4.78, 5) is 31.9. The average molecular weight is 430 g/mol. The molecule has 0 spiro atoms. The fourth-order valence-electron chi connectivity index (χ4n) is 3.67. The predicted octanol–water partition coefficient (Wildman–Crippen LogP) is 4.12. The van der Waals surface area contributed by atoms with E-state index in [4.69, 9.17) is 4.74 Å². The summed E-state index contributed by atoms with van der Waals surface area (Å²) >= 11 is 1.32. The Bertz CT molecular complexity index is 1290. The third kappa shape index (κ3) is 3.53. The molecule has 1 aromatic heterocycles. The Morgan fingerprint density at radius 2 is 1.84 bits per heavy atom. The topological polar surface area (TPSA) is 71.5 Å². The third-order valence-electron chi connectivity index (χ3n) is 5.26. The lowest BCUT2D eigenvalue weighted by Gasteiger charge is -2.19. The number of nitrogens with zero attached hydrogens (tertiary/aromatic N) is 2. The number of benzene rings is 3. The Labute approximate surface area is 183 Å². The molecule has 2 amide bonds. The van der Waals surface area contributed by atoms with Crippen molar-refractivity contribution in [3.63, 3.8) is 0 Å². The van der Waals surface area contributed by atoms with E-state index in [-0.39, 0.29) is 18.4 Å². The van der Waals surface area contributed by atoms with Gasteiger partial charge in [-0.25, -0.2) is 4.98 Å². The third-order valence-corrected chi connectivity index (χ3v) is 6.36. The van der Waals surface area contributed by atoms with Crippen LogP contribution in [-0.4, -0.2) is 36.5 Å². The van der Waals surface area contributed by atoms with Crippen LogP contribution in [0.1, 0.15) is 9.80 Å². The summed E-state index contributed by atoms with van der Waals surface area (Å²) in [6.07, 6.45) is 0. The molecule has 1 atom stereocenters. The Morgan fingerprint density at radius 1 is 1.06 bits per heavy atom. The maximum absolute atomic E-state index is 13.0. The van der Waals surface area contributed by atoms with Gasteiger partial charge in [-0.3, -0.25) is 9.59 Å². The van der Waals surface area contributed by atoms with Gasteiger partial charge in [-0.15, -0.1) is 11.3 Å². The lowest BCUT2D eigenvalue weighted by Crippen LogP contribution is -2.49. The molecule has 0 bridgehead atoms. The highest BCUT2D eigenvalue weighted by Gasteiger charge is 2.31. The minimum Gasteiger partial charge on any atom is -0.489 e. The maximum atomic E-state index is 13.0. The molecule has 2 heterocycles. The highest BCUT2D eigenvalue weighted by molar-refractivity contribution is 7.20. The highest BCUT2D eigenvalue weighted by Crippen LogP contribution is 2.33. The monoisotopic (exact) mass is 429 g/mol. The summed E-state index contributed by atoms with van der Waals surface area (Å²) in [5.41, 5.74) is 3.52. The van der Waals surface area contributed by atoms with Crippen molar-refractivity contribution in [3.8, 4) is 16.9 Å². The lowest BCUT2D eigenvalue weighted by atomic mass is 10.1. The highest BCUT2D eigenvalue weighted by atomic mass is 32.1. The van der Waals surface area contributed by atoms with E-state index >= 15 is 0 Å². The van der Waals surface area contributed by atoms with Gasteiger partial charge in [0.25, 0.3) is 11.8 Å². The van der Waals surface area contributed by atoms with E-state index in [1.165, 1.54) is 16.2 Å². The summed E-state index contributed by atoms with van der Waals surface area (Å²) in [5, 5.41) is 3.12. The molecule has 1 aliphatic heterocycles. The van der Waals surface area contributed by atoms with Crippen LogP contribution in [0.4, 0.5) is 5.69 Å². The maximum Gasteiger partial charge on any atom is 0.281 e. The largest absolute Gasteiger partial charge is 0.489 e. The van der Waals surface area contributed by atoms with Crippen molar-refractivity contribution in [1.82, 2.24) is 10.3 Å². The van der Waals surface area contributed by atoms with Crippen molar-refractivity contribution >= 4 is 39.1 Å². The molecule has 0 aliphatic carbocycles. The number of likely N-dealkylation sites (N-methyl/N-ethyl adjacent to an activating group) is 1. The van der Waals surface area contributed by atoms with E-state index in [0.717, 1.165) is 21.3 Å². The summed E-state index contributed by atoms with van der Waals surface area (Å²) in [6.45, 7) is 0.0616. The van der Waals surface area contributed by atoms with Crippen molar-refractivity contribution in [3.05, 3.63) is 77.8 Å². The molecule has 4 aromatic rings. The molecular weight excluding hydrogens is 410 g/mol. The van der Waals surface area contributed by atoms with E-state index in [1.54, 1.807) is 7.05 Å². The van der Waals surface area contributed by atoms with Gasteiger partial charge in [0, 0.05) is 12.6 Å². The zero-order valence-electron chi connectivity index (χ0n) is 16.7. The van der Waals surface area contributed by atoms with Crippen molar-refractivity contribution in [2.24, 2.45) is 0 Å². The predicted molar refractivity (Wildman–Crippen MR) is 122 cm³/mol. The van der Waals surface area contributed by atoms with Crippen molar-refractivity contribution in [2.75, 3.05) is 18.6 Å². The fraction of sp³-hybridized carbons (Fsp3) is 0.125. The van der Waals surface area contributed by atoms with Crippen molar-refractivity contribution < 1.29 is 14.3 Å². The number of rotatable bonds is 3. The van der Waals surface area contributed by atoms with Gasteiger partial charge in [-0.2, -0.15) is 0 Å². The van der Waals surface area contributed by atoms with Gasteiger partial charge < -0.3 is 15.0 Å². The van der Waals surface area contributed by atoms with Crippen LogP contribution in [0.5, 0.6) is 5.75 Å². The second-order valence-corrected chi connectivity index (χ2v) is 8.24. The first-order valence-electron chi connectivity index (χ1n) is 9.87. The van der Waals surface area contributed by atoms with Gasteiger partial charge in [0.15, 0.2) is 5.01 Å². The lowest BCUT2D eigenvalue weighted by molar-refractivity contribution is -0.120. The second kappa shape index (κ2) is 7.85. The van der Waals surface area contributed by atoms with Crippen LogP contribution in [0.15, 0.2) is 72.8 Å². The van der Waals surface area contributed by atoms with E-state index in [9.17, 15) is 9.59 Å². The zero-order chi connectivity index (χ0) is 21.4. The SMILES string of the molecule is CN1C(=O)[C@@H](NC(=O)c2nc3cccc(-c4ccccc4)c3s2)COc2ccccc21. The number of amides is 2. The van der Waals surface area contributed by atoms with Crippen LogP contribution in [0, 0.1) is 0 Å². The summed E-state index contributed by atoms with van der Waals surface area (Å²) in [6, 6.07) is 22.3. The molecule has 0 saturated heterocycles. The Kier molecular flexibility index (Phi) is 4.88. The molecule has 3 aromatic carbocycles.